The predicted octanol–water partition coefficient (Wildman–Crippen LogP) is 3.24. The molecule has 2 rings (SSSR count). The van der Waals surface area contributed by atoms with Gasteiger partial charge in [0.2, 0.25) is 0 Å². The third-order valence-electron chi connectivity index (χ3n) is 2.83. The highest BCUT2D eigenvalue weighted by Gasteiger charge is 2.09. The molecule has 0 amide bonds. The van der Waals surface area contributed by atoms with Crippen molar-refractivity contribution in [3.05, 3.63) is 42.1 Å². The van der Waals surface area contributed by atoms with Crippen LogP contribution in [0.5, 0.6) is 0 Å². The van der Waals surface area contributed by atoms with Gasteiger partial charge in [-0.1, -0.05) is 31.2 Å². The molecule has 0 aliphatic rings. The Morgan fingerprint density at radius 3 is 2.71 bits per heavy atom. The van der Waals surface area contributed by atoms with Gasteiger partial charge in [-0.2, -0.15) is 0 Å². The number of aromatic nitrogens is 1. The molecule has 0 aliphatic carbocycles. The van der Waals surface area contributed by atoms with Crippen molar-refractivity contribution in [3.8, 4) is 0 Å². The molecule has 2 nitrogen and oxygen atoms in total. The maximum Gasteiger partial charge on any atom is 0.0705 e. The smallest absolute Gasteiger partial charge is 0.0705 e. The van der Waals surface area contributed by atoms with Crippen LogP contribution in [0.15, 0.2) is 36.4 Å². The first-order valence-corrected chi connectivity index (χ1v) is 6.86. The van der Waals surface area contributed by atoms with Crippen molar-refractivity contribution >= 4 is 22.7 Å². The molecule has 0 aliphatic heterocycles. The summed E-state index contributed by atoms with van der Waals surface area (Å²) in [6, 6.07) is 12.3. The topological polar surface area (TPSA) is 33.1 Å². The molecule has 0 fully saturated rings. The van der Waals surface area contributed by atoms with Gasteiger partial charge in [-0.25, -0.2) is 0 Å². The molecule has 2 atom stereocenters. The second-order valence-corrected chi connectivity index (χ2v) is 5.62. The molecule has 2 unspecified atom stereocenters. The molecule has 1 N–H and O–H groups in total. The minimum absolute atomic E-state index is 0.239. The van der Waals surface area contributed by atoms with Gasteiger partial charge in [0.25, 0.3) is 0 Å². The third-order valence-corrected chi connectivity index (χ3v) is 4.21. The summed E-state index contributed by atoms with van der Waals surface area (Å²) in [4.78, 5) is 4.60. The summed E-state index contributed by atoms with van der Waals surface area (Å²) in [5, 5.41) is 10.8. The number of aliphatic hydroxyl groups excluding tert-OH is 1. The van der Waals surface area contributed by atoms with E-state index in [1.54, 1.807) is 11.8 Å². The van der Waals surface area contributed by atoms with E-state index in [-0.39, 0.29) is 11.4 Å². The Bertz CT molecular complexity index is 498. The van der Waals surface area contributed by atoms with Gasteiger partial charge >= 0.3 is 0 Å². The number of rotatable bonds is 4. The second kappa shape index (κ2) is 5.52. The van der Waals surface area contributed by atoms with Crippen LogP contribution in [0, 0.1) is 0 Å². The number of pyridine rings is 1. The Morgan fingerprint density at radius 2 is 1.94 bits per heavy atom. The van der Waals surface area contributed by atoms with Crippen LogP contribution in [0.4, 0.5) is 0 Å². The highest BCUT2D eigenvalue weighted by molar-refractivity contribution is 7.99. The zero-order chi connectivity index (χ0) is 12.3. The average Bonchev–Trinajstić information content (AvgIpc) is 2.35. The van der Waals surface area contributed by atoms with E-state index in [9.17, 15) is 5.11 Å². The first-order chi connectivity index (χ1) is 8.16. The van der Waals surface area contributed by atoms with Crippen molar-refractivity contribution in [2.24, 2.45) is 0 Å². The zero-order valence-electron chi connectivity index (χ0n) is 10.1. The van der Waals surface area contributed by atoms with Crippen LogP contribution in [0.2, 0.25) is 0 Å². The number of benzene rings is 1. The van der Waals surface area contributed by atoms with E-state index in [1.165, 1.54) is 5.39 Å². The zero-order valence-corrected chi connectivity index (χ0v) is 10.9. The Labute approximate surface area is 106 Å². The van der Waals surface area contributed by atoms with Gasteiger partial charge in [-0.3, -0.25) is 4.98 Å². The molecular weight excluding hydrogens is 230 g/mol. The average molecular weight is 247 g/mol. The van der Waals surface area contributed by atoms with Gasteiger partial charge in [-0.15, -0.1) is 11.8 Å². The summed E-state index contributed by atoms with van der Waals surface area (Å²) in [5.74, 6) is 0.844. The summed E-state index contributed by atoms with van der Waals surface area (Å²) in [7, 11) is 0. The Hall–Kier alpha value is -1.06. The van der Waals surface area contributed by atoms with Crippen molar-refractivity contribution in [1.29, 1.82) is 0 Å². The standard InChI is InChI=1S/C14H17NOS/c1-10(16)11(2)17-9-13-8-7-12-5-3-4-6-14(12)15-13/h3-8,10-11,16H,9H2,1-2H3. The Morgan fingerprint density at radius 1 is 1.18 bits per heavy atom. The summed E-state index contributed by atoms with van der Waals surface area (Å²) in [6.07, 6.45) is -0.277. The lowest BCUT2D eigenvalue weighted by Crippen LogP contribution is -2.15. The molecule has 0 radical (unpaired) electrons. The van der Waals surface area contributed by atoms with E-state index in [0.29, 0.717) is 0 Å². The van der Waals surface area contributed by atoms with Crippen molar-refractivity contribution in [3.63, 3.8) is 0 Å². The van der Waals surface area contributed by atoms with E-state index in [0.717, 1.165) is 17.0 Å². The van der Waals surface area contributed by atoms with Crippen LogP contribution in [0.25, 0.3) is 10.9 Å². The molecule has 2 aromatic rings. The fraction of sp³-hybridized carbons (Fsp3) is 0.357. The number of hydrogen-bond donors (Lipinski definition) is 1. The van der Waals surface area contributed by atoms with Gasteiger partial charge < -0.3 is 5.11 Å². The van der Waals surface area contributed by atoms with Crippen LogP contribution in [-0.4, -0.2) is 21.4 Å². The van der Waals surface area contributed by atoms with E-state index in [1.807, 2.05) is 32.0 Å². The number of fused-ring (bicyclic) bond motifs is 1. The van der Waals surface area contributed by atoms with E-state index < -0.39 is 0 Å². The Kier molecular flexibility index (Phi) is 4.02. The first kappa shape index (κ1) is 12.4. The molecule has 1 aromatic heterocycles. The van der Waals surface area contributed by atoms with Crippen LogP contribution in [-0.2, 0) is 5.75 Å². The Balaban J connectivity index is 2.09. The van der Waals surface area contributed by atoms with E-state index in [2.05, 4.69) is 23.2 Å². The molecule has 17 heavy (non-hydrogen) atoms. The molecular formula is C14H17NOS. The minimum atomic E-state index is -0.277. The molecule has 3 heteroatoms. The highest BCUT2D eigenvalue weighted by atomic mass is 32.2. The lowest BCUT2D eigenvalue weighted by Gasteiger charge is -2.13. The first-order valence-electron chi connectivity index (χ1n) is 5.81. The van der Waals surface area contributed by atoms with E-state index >= 15 is 0 Å². The van der Waals surface area contributed by atoms with Crippen molar-refractivity contribution in [1.82, 2.24) is 4.98 Å². The predicted molar refractivity (Wildman–Crippen MR) is 74.2 cm³/mol. The summed E-state index contributed by atoms with van der Waals surface area (Å²) >= 11 is 1.73. The number of thioether (sulfide) groups is 1. The van der Waals surface area contributed by atoms with Crippen molar-refractivity contribution < 1.29 is 5.11 Å². The molecule has 0 spiro atoms. The summed E-state index contributed by atoms with van der Waals surface area (Å²) in [5.41, 5.74) is 2.11. The van der Waals surface area contributed by atoms with Crippen LogP contribution in [0.1, 0.15) is 19.5 Å². The lowest BCUT2D eigenvalue weighted by molar-refractivity contribution is 0.196. The number of hydrogen-bond acceptors (Lipinski definition) is 3. The number of aliphatic hydroxyl groups is 1. The normalized spacial score (nSPS) is 14.8. The number of nitrogens with zero attached hydrogens (tertiary/aromatic N) is 1. The molecule has 0 saturated heterocycles. The van der Waals surface area contributed by atoms with Crippen molar-refractivity contribution in [2.45, 2.75) is 31.0 Å². The molecule has 90 valence electrons. The molecule has 0 bridgehead atoms. The van der Waals surface area contributed by atoms with Crippen LogP contribution in [0.3, 0.4) is 0 Å². The van der Waals surface area contributed by atoms with Gasteiger partial charge in [0, 0.05) is 16.4 Å². The van der Waals surface area contributed by atoms with Gasteiger partial charge in [0.1, 0.15) is 0 Å². The lowest BCUT2D eigenvalue weighted by atomic mass is 10.2. The maximum absolute atomic E-state index is 9.43. The van der Waals surface area contributed by atoms with Crippen LogP contribution >= 0.6 is 11.8 Å². The third kappa shape index (κ3) is 3.20. The van der Waals surface area contributed by atoms with Gasteiger partial charge in [-0.05, 0) is 19.1 Å². The number of para-hydroxylation sites is 1. The summed E-state index contributed by atoms with van der Waals surface area (Å²) in [6.45, 7) is 3.86. The van der Waals surface area contributed by atoms with Crippen LogP contribution < -0.4 is 0 Å². The second-order valence-electron chi connectivity index (χ2n) is 4.25. The summed E-state index contributed by atoms with van der Waals surface area (Å²) < 4.78 is 0. The van der Waals surface area contributed by atoms with Gasteiger partial charge in [0.05, 0.1) is 17.3 Å². The fourth-order valence-electron chi connectivity index (χ4n) is 1.54. The SMILES string of the molecule is CC(O)C(C)SCc1ccc2ccccc2n1. The van der Waals surface area contributed by atoms with Gasteiger partial charge in [0.15, 0.2) is 0 Å². The van der Waals surface area contributed by atoms with E-state index in [4.69, 9.17) is 0 Å². The monoisotopic (exact) mass is 247 g/mol. The minimum Gasteiger partial charge on any atom is -0.392 e. The quantitative estimate of drug-likeness (QED) is 0.900. The highest BCUT2D eigenvalue weighted by Crippen LogP contribution is 2.20. The maximum atomic E-state index is 9.43. The fourth-order valence-corrected chi connectivity index (χ4v) is 2.42. The van der Waals surface area contributed by atoms with Crippen molar-refractivity contribution in [2.75, 3.05) is 0 Å². The molecule has 1 heterocycles. The molecule has 0 saturated carbocycles. The molecule has 1 aromatic carbocycles. The largest absolute Gasteiger partial charge is 0.392 e.